The fourth-order valence-electron chi connectivity index (χ4n) is 2.46. The Morgan fingerprint density at radius 1 is 0.900 bits per heavy atom. The molecular formula is C20H24. The van der Waals surface area contributed by atoms with Gasteiger partial charge in [-0.25, -0.2) is 0 Å². The molecule has 0 unspecified atom stereocenters. The molecule has 0 aromatic heterocycles. The van der Waals surface area contributed by atoms with Crippen molar-refractivity contribution in [2.24, 2.45) is 0 Å². The molecule has 2 rings (SSSR count). The zero-order valence-electron chi connectivity index (χ0n) is 12.7. The molecule has 0 aliphatic rings. The van der Waals surface area contributed by atoms with E-state index in [4.69, 9.17) is 0 Å². The summed E-state index contributed by atoms with van der Waals surface area (Å²) in [6, 6.07) is 17.8. The molecule has 0 saturated carbocycles. The van der Waals surface area contributed by atoms with E-state index in [1.807, 2.05) is 0 Å². The minimum absolute atomic E-state index is 1.12. The van der Waals surface area contributed by atoms with Gasteiger partial charge in [0.05, 0.1) is 0 Å². The summed E-state index contributed by atoms with van der Waals surface area (Å²) in [6.45, 7) is 8.24. The van der Waals surface area contributed by atoms with E-state index in [1.54, 1.807) is 0 Å². The fraction of sp³-hybridized carbons (Fsp3) is 0.300. The van der Waals surface area contributed by atoms with Crippen molar-refractivity contribution < 1.29 is 0 Å². The maximum atomic E-state index is 3.97. The molecule has 0 radical (unpaired) electrons. The van der Waals surface area contributed by atoms with Crippen LogP contribution in [0.4, 0.5) is 0 Å². The average molecular weight is 264 g/mol. The zero-order valence-corrected chi connectivity index (χ0v) is 12.7. The highest BCUT2D eigenvalue weighted by Crippen LogP contribution is 2.15. The van der Waals surface area contributed by atoms with Gasteiger partial charge in [0.2, 0.25) is 0 Å². The molecule has 0 bridgehead atoms. The van der Waals surface area contributed by atoms with Gasteiger partial charge in [0.25, 0.3) is 0 Å². The van der Waals surface area contributed by atoms with Crippen LogP contribution >= 0.6 is 0 Å². The summed E-state index contributed by atoms with van der Waals surface area (Å²) < 4.78 is 0. The first-order chi connectivity index (χ1) is 9.69. The van der Waals surface area contributed by atoms with Crippen LogP contribution in [0.5, 0.6) is 0 Å². The third-order valence-corrected chi connectivity index (χ3v) is 3.78. The lowest BCUT2D eigenvalue weighted by Gasteiger charge is -2.06. The second kappa shape index (κ2) is 7.09. The van der Waals surface area contributed by atoms with E-state index in [0.29, 0.717) is 0 Å². The maximum Gasteiger partial charge on any atom is -0.0233 e. The Morgan fingerprint density at radius 3 is 2.20 bits per heavy atom. The SMILES string of the molecule is C=C(C)c1ccc(CCCc2cccc(CC)c2)cc1. The molecule has 0 fully saturated rings. The largest absolute Gasteiger partial charge is 0.0955 e. The highest BCUT2D eigenvalue weighted by atomic mass is 14.0. The van der Waals surface area contributed by atoms with E-state index in [9.17, 15) is 0 Å². The van der Waals surface area contributed by atoms with Gasteiger partial charge in [-0.1, -0.05) is 67.6 Å². The van der Waals surface area contributed by atoms with Gasteiger partial charge in [0.15, 0.2) is 0 Å². The summed E-state index contributed by atoms with van der Waals surface area (Å²) in [5.41, 5.74) is 6.69. The number of hydrogen-bond donors (Lipinski definition) is 0. The number of hydrogen-bond acceptors (Lipinski definition) is 0. The molecule has 0 heteroatoms. The van der Waals surface area contributed by atoms with Gasteiger partial charge in [-0.05, 0) is 54.9 Å². The Hall–Kier alpha value is -1.82. The fourth-order valence-corrected chi connectivity index (χ4v) is 2.46. The van der Waals surface area contributed by atoms with Crippen molar-refractivity contribution >= 4 is 5.57 Å². The molecule has 0 saturated heterocycles. The Bertz CT molecular complexity index is 561. The predicted molar refractivity (Wildman–Crippen MR) is 89.0 cm³/mol. The van der Waals surface area contributed by atoms with E-state index in [1.165, 1.54) is 28.7 Å². The van der Waals surface area contributed by atoms with Crippen molar-refractivity contribution in [2.75, 3.05) is 0 Å². The van der Waals surface area contributed by atoms with E-state index >= 15 is 0 Å². The van der Waals surface area contributed by atoms with E-state index < -0.39 is 0 Å². The van der Waals surface area contributed by atoms with Crippen molar-refractivity contribution in [3.8, 4) is 0 Å². The second-order valence-corrected chi connectivity index (χ2v) is 5.50. The van der Waals surface area contributed by atoms with Crippen LogP contribution in [-0.4, -0.2) is 0 Å². The van der Waals surface area contributed by atoms with E-state index in [-0.39, 0.29) is 0 Å². The molecule has 0 atom stereocenters. The summed E-state index contributed by atoms with van der Waals surface area (Å²) in [5.74, 6) is 0. The highest BCUT2D eigenvalue weighted by molar-refractivity contribution is 5.61. The van der Waals surface area contributed by atoms with Crippen LogP contribution in [0.3, 0.4) is 0 Å². The number of rotatable bonds is 6. The summed E-state index contributed by atoms with van der Waals surface area (Å²) in [6.07, 6.45) is 4.64. The molecule has 0 N–H and O–H groups in total. The summed E-state index contributed by atoms with van der Waals surface area (Å²) >= 11 is 0. The monoisotopic (exact) mass is 264 g/mol. The first kappa shape index (κ1) is 14.6. The molecule has 0 aliphatic heterocycles. The Balaban J connectivity index is 1.87. The van der Waals surface area contributed by atoms with Gasteiger partial charge in [-0.2, -0.15) is 0 Å². The van der Waals surface area contributed by atoms with Crippen molar-refractivity contribution in [3.05, 3.63) is 77.4 Å². The maximum absolute atomic E-state index is 3.97. The number of benzene rings is 2. The van der Waals surface area contributed by atoms with Crippen LogP contribution in [0.1, 0.15) is 42.5 Å². The van der Waals surface area contributed by atoms with Crippen molar-refractivity contribution in [2.45, 2.75) is 39.5 Å². The van der Waals surface area contributed by atoms with Crippen LogP contribution in [0, 0.1) is 0 Å². The molecule has 0 spiro atoms. The Morgan fingerprint density at radius 2 is 1.55 bits per heavy atom. The molecule has 104 valence electrons. The van der Waals surface area contributed by atoms with Crippen LogP contribution in [0.2, 0.25) is 0 Å². The summed E-state index contributed by atoms with van der Waals surface area (Å²) in [7, 11) is 0. The molecule has 0 nitrogen and oxygen atoms in total. The lowest BCUT2D eigenvalue weighted by atomic mass is 10.0. The molecule has 0 amide bonds. The molecule has 20 heavy (non-hydrogen) atoms. The van der Waals surface area contributed by atoms with Gasteiger partial charge >= 0.3 is 0 Å². The van der Waals surface area contributed by atoms with Crippen LogP contribution in [0.15, 0.2) is 55.1 Å². The number of allylic oxidation sites excluding steroid dienone is 1. The zero-order chi connectivity index (χ0) is 14.4. The summed E-state index contributed by atoms with van der Waals surface area (Å²) in [5, 5.41) is 0. The number of aryl methyl sites for hydroxylation is 3. The average Bonchev–Trinajstić information content (AvgIpc) is 2.48. The summed E-state index contributed by atoms with van der Waals surface area (Å²) in [4.78, 5) is 0. The molecular weight excluding hydrogens is 240 g/mol. The Labute approximate surface area is 123 Å². The van der Waals surface area contributed by atoms with Crippen LogP contribution in [0.25, 0.3) is 5.57 Å². The first-order valence-electron chi connectivity index (χ1n) is 7.51. The van der Waals surface area contributed by atoms with Gasteiger partial charge in [0.1, 0.15) is 0 Å². The predicted octanol–water partition coefficient (Wildman–Crippen LogP) is 5.46. The lowest BCUT2D eigenvalue weighted by molar-refractivity contribution is 0.819. The highest BCUT2D eigenvalue weighted by Gasteiger charge is 1.98. The molecule has 0 aliphatic carbocycles. The van der Waals surface area contributed by atoms with E-state index in [0.717, 1.165) is 24.8 Å². The van der Waals surface area contributed by atoms with Gasteiger partial charge < -0.3 is 0 Å². The van der Waals surface area contributed by atoms with Crippen molar-refractivity contribution in [1.82, 2.24) is 0 Å². The first-order valence-corrected chi connectivity index (χ1v) is 7.51. The third kappa shape index (κ3) is 4.09. The van der Waals surface area contributed by atoms with Gasteiger partial charge in [-0.15, -0.1) is 0 Å². The lowest BCUT2D eigenvalue weighted by Crippen LogP contribution is -1.92. The van der Waals surface area contributed by atoms with Crippen LogP contribution < -0.4 is 0 Å². The molecule has 2 aromatic rings. The minimum Gasteiger partial charge on any atom is -0.0955 e. The quantitative estimate of drug-likeness (QED) is 0.650. The third-order valence-electron chi connectivity index (χ3n) is 3.78. The molecule has 2 aromatic carbocycles. The second-order valence-electron chi connectivity index (χ2n) is 5.50. The standard InChI is InChI=1S/C20H24/c1-4-17-7-5-9-19(15-17)10-6-8-18-11-13-20(14-12-18)16(2)3/h5,7,9,11-15H,2,4,6,8,10H2,1,3H3. The van der Waals surface area contributed by atoms with Crippen molar-refractivity contribution in [1.29, 1.82) is 0 Å². The van der Waals surface area contributed by atoms with Crippen molar-refractivity contribution in [3.63, 3.8) is 0 Å². The van der Waals surface area contributed by atoms with E-state index in [2.05, 4.69) is 69.0 Å². The molecule has 0 heterocycles. The Kier molecular flexibility index (Phi) is 5.17. The topological polar surface area (TPSA) is 0 Å². The minimum atomic E-state index is 1.12. The van der Waals surface area contributed by atoms with Crippen LogP contribution in [-0.2, 0) is 19.3 Å². The van der Waals surface area contributed by atoms with Gasteiger partial charge in [-0.3, -0.25) is 0 Å². The normalized spacial score (nSPS) is 10.5. The smallest absolute Gasteiger partial charge is 0.0233 e. The van der Waals surface area contributed by atoms with Gasteiger partial charge in [0, 0.05) is 0 Å².